The first kappa shape index (κ1) is 15.3. The van der Waals surface area contributed by atoms with Gasteiger partial charge in [-0.3, -0.25) is 5.32 Å². The zero-order valence-electron chi connectivity index (χ0n) is 11.9. The fraction of sp³-hybridized carbons (Fsp3) is 0.500. The van der Waals surface area contributed by atoms with Gasteiger partial charge in [0.1, 0.15) is 23.6 Å². The Morgan fingerprint density at radius 2 is 1.79 bits per heavy atom. The van der Waals surface area contributed by atoms with E-state index in [1.54, 1.807) is 38.3 Å². The van der Waals surface area contributed by atoms with E-state index in [0.717, 1.165) is 5.75 Å². The normalized spacial score (nSPS) is 13.5. The summed E-state index contributed by atoms with van der Waals surface area (Å²) in [5.74, 6) is 1.09. The maximum Gasteiger partial charge on any atom is 0.329 e. The van der Waals surface area contributed by atoms with Gasteiger partial charge in [-0.05, 0) is 37.7 Å². The van der Waals surface area contributed by atoms with Crippen molar-refractivity contribution >= 4 is 5.97 Å². The van der Waals surface area contributed by atoms with E-state index in [2.05, 4.69) is 5.32 Å². The predicted octanol–water partition coefficient (Wildman–Crippen LogP) is 1.62. The van der Waals surface area contributed by atoms with Crippen LogP contribution in [0.5, 0.6) is 11.5 Å². The van der Waals surface area contributed by atoms with Crippen LogP contribution in [0.4, 0.5) is 0 Å². The molecule has 0 aliphatic heterocycles. The van der Waals surface area contributed by atoms with Crippen molar-refractivity contribution in [2.45, 2.75) is 19.4 Å². The zero-order valence-corrected chi connectivity index (χ0v) is 11.9. The molecule has 1 aromatic rings. The third-order valence-electron chi connectivity index (χ3n) is 2.79. The molecule has 5 heteroatoms. The van der Waals surface area contributed by atoms with Crippen LogP contribution >= 0.6 is 0 Å². The summed E-state index contributed by atoms with van der Waals surface area (Å²) in [4.78, 5) is 11.8. The third kappa shape index (κ3) is 4.13. The second kappa shape index (κ2) is 6.99. The number of hydrogen-bond donors (Lipinski definition) is 1. The number of carbonyl (C=O) groups is 1. The van der Waals surface area contributed by atoms with Crippen LogP contribution in [0, 0.1) is 0 Å². The fourth-order valence-corrected chi connectivity index (χ4v) is 1.70. The molecular weight excluding hydrogens is 246 g/mol. The lowest BCUT2D eigenvalue weighted by molar-refractivity contribution is -0.149. The van der Waals surface area contributed by atoms with E-state index < -0.39 is 5.54 Å². The Balaban J connectivity index is 2.67. The number of likely N-dealkylation sites (N-methyl/N-ethyl adjacent to an activating group) is 1. The van der Waals surface area contributed by atoms with Gasteiger partial charge in [-0.2, -0.15) is 0 Å². The highest BCUT2D eigenvalue weighted by Crippen LogP contribution is 2.18. The second-order valence-electron chi connectivity index (χ2n) is 4.32. The molecule has 1 N–H and O–H groups in total. The summed E-state index contributed by atoms with van der Waals surface area (Å²) >= 11 is 0. The topological polar surface area (TPSA) is 56.8 Å². The maximum atomic E-state index is 11.8. The van der Waals surface area contributed by atoms with Crippen LogP contribution < -0.4 is 14.8 Å². The molecule has 19 heavy (non-hydrogen) atoms. The van der Waals surface area contributed by atoms with E-state index in [1.165, 1.54) is 7.11 Å². The molecule has 0 aliphatic rings. The molecule has 1 rings (SSSR count). The SMILES string of the molecule is CCNC(C)(COc1ccc(OC)cc1)C(=O)OC. The highest BCUT2D eigenvalue weighted by molar-refractivity contribution is 5.80. The van der Waals surface area contributed by atoms with Crippen molar-refractivity contribution in [1.29, 1.82) is 0 Å². The average molecular weight is 267 g/mol. The van der Waals surface area contributed by atoms with E-state index in [-0.39, 0.29) is 12.6 Å². The largest absolute Gasteiger partial charge is 0.497 e. The number of benzene rings is 1. The number of rotatable bonds is 7. The summed E-state index contributed by atoms with van der Waals surface area (Å²) in [5, 5.41) is 3.08. The molecule has 0 fully saturated rings. The van der Waals surface area contributed by atoms with E-state index in [1.807, 2.05) is 6.92 Å². The van der Waals surface area contributed by atoms with Gasteiger partial charge in [0.15, 0.2) is 0 Å². The molecule has 5 nitrogen and oxygen atoms in total. The van der Waals surface area contributed by atoms with Crippen molar-refractivity contribution in [2.75, 3.05) is 27.4 Å². The van der Waals surface area contributed by atoms with Gasteiger partial charge in [0.05, 0.1) is 14.2 Å². The maximum absolute atomic E-state index is 11.8. The quantitative estimate of drug-likeness (QED) is 0.761. The summed E-state index contributed by atoms with van der Waals surface area (Å²) in [6, 6.07) is 7.20. The number of nitrogens with one attached hydrogen (secondary N) is 1. The van der Waals surface area contributed by atoms with E-state index >= 15 is 0 Å². The second-order valence-corrected chi connectivity index (χ2v) is 4.32. The molecule has 106 valence electrons. The summed E-state index contributed by atoms with van der Waals surface area (Å²) in [6.45, 7) is 4.53. The van der Waals surface area contributed by atoms with Gasteiger partial charge in [0.25, 0.3) is 0 Å². The molecule has 1 unspecified atom stereocenters. The van der Waals surface area contributed by atoms with Crippen LogP contribution in [0.1, 0.15) is 13.8 Å². The van der Waals surface area contributed by atoms with Crippen LogP contribution in [-0.4, -0.2) is 38.9 Å². The number of esters is 1. The molecular formula is C14H21NO4. The number of ether oxygens (including phenoxy) is 3. The van der Waals surface area contributed by atoms with Crippen LogP contribution in [0.15, 0.2) is 24.3 Å². The minimum absolute atomic E-state index is 0.194. The van der Waals surface area contributed by atoms with Crippen LogP contribution in [0.3, 0.4) is 0 Å². The number of methoxy groups -OCH3 is 2. The standard InChI is InChI=1S/C14H21NO4/c1-5-15-14(2,13(16)18-4)10-19-12-8-6-11(17-3)7-9-12/h6-9,15H,5,10H2,1-4H3. The van der Waals surface area contributed by atoms with Gasteiger partial charge < -0.3 is 14.2 Å². The molecule has 0 bridgehead atoms. The summed E-state index contributed by atoms with van der Waals surface area (Å²) in [5.41, 5.74) is -0.858. The Kier molecular flexibility index (Phi) is 5.63. The van der Waals surface area contributed by atoms with E-state index in [4.69, 9.17) is 14.2 Å². The van der Waals surface area contributed by atoms with Crippen molar-refractivity contribution in [2.24, 2.45) is 0 Å². The van der Waals surface area contributed by atoms with Crippen molar-refractivity contribution in [3.63, 3.8) is 0 Å². The van der Waals surface area contributed by atoms with Crippen molar-refractivity contribution in [3.05, 3.63) is 24.3 Å². The summed E-state index contributed by atoms with van der Waals surface area (Å²) in [6.07, 6.45) is 0. The summed E-state index contributed by atoms with van der Waals surface area (Å²) < 4.78 is 15.5. The van der Waals surface area contributed by atoms with Crippen LogP contribution in [-0.2, 0) is 9.53 Å². The lowest BCUT2D eigenvalue weighted by Crippen LogP contribution is -2.54. The molecule has 0 radical (unpaired) electrons. The van der Waals surface area contributed by atoms with Crippen LogP contribution in [0.2, 0.25) is 0 Å². The monoisotopic (exact) mass is 267 g/mol. The minimum Gasteiger partial charge on any atom is -0.497 e. The van der Waals surface area contributed by atoms with Crippen LogP contribution in [0.25, 0.3) is 0 Å². The molecule has 0 heterocycles. The first-order valence-electron chi connectivity index (χ1n) is 6.16. The predicted molar refractivity (Wildman–Crippen MR) is 72.6 cm³/mol. The van der Waals surface area contributed by atoms with Gasteiger partial charge in [-0.25, -0.2) is 4.79 Å². The van der Waals surface area contributed by atoms with Gasteiger partial charge in [-0.15, -0.1) is 0 Å². The van der Waals surface area contributed by atoms with E-state index in [9.17, 15) is 4.79 Å². The first-order chi connectivity index (χ1) is 9.05. The molecule has 0 saturated heterocycles. The summed E-state index contributed by atoms with van der Waals surface area (Å²) in [7, 11) is 2.97. The average Bonchev–Trinajstić information content (AvgIpc) is 2.45. The minimum atomic E-state index is -0.858. The Hall–Kier alpha value is -1.75. The highest BCUT2D eigenvalue weighted by Gasteiger charge is 2.34. The Bertz CT molecular complexity index is 404. The fourth-order valence-electron chi connectivity index (χ4n) is 1.70. The zero-order chi connectivity index (χ0) is 14.3. The van der Waals surface area contributed by atoms with E-state index in [0.29, 0.717) is 12.3 Å². The van der Waals surface area contributed by atoms with Crippen molar-refractivity contribution in [3.8, 4) is 11.5 Å². The molecule has 1 aromatic carbocycles. The highest BCUT2D eigenvalue weighted by atomic mass is 16.5. The third-order valence-corrected chi connectivity index (χ3v) is 2.79. The number of hydrogen-bond acceptors (Lipinski definition) is 5. The molecule has 0 aromatic heterocycles. The first-order valence-corrected chi connectivity index (χ1v) is 6.16. The Morgan fingerprint density at radius 1 is 1.21 bits per heavy atom. The van der Waals surface area contributed by atoms with Crippen molar-refractivity contribution in [1.82, 2.24) is 5.32 Å². The molecule has 0 spiro atoms. The van der Waals surface area contributed by atoms with Gasteiger partial charge in [0, 0.05) is 0 Å². The molecule has 0 amide bonds. The van der Waals surface area contributed by atoms with Crippen molar-refractivity contribution < 1.29 is 19.0 Å². The molecule has 1 atom stereocenters. The van der Waals surface area contributed by atoms with Gasteiger partial charge in [0.2, 0.25) is 0 Å². The lowest BCUT2D eigenvalue weighted by Gasteiger charge is -2.27. The number of carbonyl (C=O) groups excluding carboxylic acids is 1. The molecule has 0 saturated carbocycles. The van der Waals surface area contributed by atoms with Gasteiger partial charge in [-0.1, -0.05) is 6.92 Å². The lowest BCUT2D eigenvalue weighted by atomic mass is 10.0. The Morgan fingerprint density at radius 3 is 2.26 bits per heavy atom. The molecule has 0 aliphatic carbocycles. The smallest absolute Gasteiger partial charge is 0.329 e. The van der Waals surface area contributed by atoms with Gasteiger partial charge >= 0.3 is 5.97 Å². The Labute approximate surface area is 113 Å².